The van der Waals surface area contributed by atoms with Crippen LogP contribution in [0.25, 0.3) is 0 Å². The van der Waals surface area contributed by atoms with Crippen molar-refractivity contribution in [3.05, 3.63) is 52.5 Å². The van der Waals surface area contributed by atoms with Crippen LogP contribution in [0.3, 0.4) is 0 Å². The van der Waals surface area contributed by atoms with Crippen LogP contribution in [0.5, 0.6) is 17.2 Å². The molecular formula is C16H16Cl2O3. The smallest absolute Gasteiger partial charge is 0.161 e. The van der Waals surface area contributed by atoms with Gasteiger partial charge in [-0.3, -0.25) is 0 Å². The molecule has 0 radical (unpaired) electrons. The molecule has 2 aromatic rings. The highest BCUT2D eigenvalue weighted by Gasteiger charge is 2.07. The van der Waals surface area contributed by atoms with E-state index in [0.717, 1.165) is 11.1 Å². The number of ether oxygens (including phenoxy) is 3. The number of methoxy groups -OCH3 is 2. The van der Waals surface area contributed by atoms with E-state index in [1.165, 1.54) is 0 Å². The summed E-state index contributed by atoms with van der Waals surface area (Å²) in [5, 5.41) is 0.550. The van der Waals surface area contributed by atoms with Gasteiger partial charge in [0.1, 0.15) is 12.4 Å². The number of halogens is 2. The Morgan fingerprint density at radius 3 is 2.14 bits per heavy atom. The van der Waals surface area contributed by atoms with Crippen LogP contribution in [0.4, 0.5) is 0 Å². The molecule has 0 saturated heterocycles. The van der Waals surface area contributed by atoms with Crippen molar-refractivity contribution in [1.82, 2.24) is 0 Å². The second-order valence-corrected chi connectivity index (χ2v) is 5.05. The molecule has 5 heteroatoms. The number of hydrogen-bond acceptors (Lipinski definition) is 3. The molecule has 0 atom stereocenters. The summed E-state index contributed by atoms with van der Waals surface area (Å²) in [4.78, 5) is 0. The third-order valence-electron chi connectivity index (χ3n) is 2.99. The lowest BCUT2D eigenvalue weighted by molar-refractivity contribution is 0.304. The maximum Gasteiger partial charge on any atom is 0.161 e. The fraction of sp³-hybridized carbons (Fsp3) is 0.250. The van der Waals surface area contributed by atoms with E-state index in [2.05, 4.69) is 0 Å². The van der Waals surface area contributed by atoms with Gasteiger partial charge in [0, 0.05) is 5.88 Å². The third kappa shape index (κ3) is 3.96. The summed E-state index contributed by atoms with van der Waals surface area (Å²) in [6.07, 6.45) is 0. The molecular weight excluding hydrogens is 311 g/mol. The van der Waals surface area contributed by atoms with Crippen molar-refractivity contribution < 1.29 is 14.2 Å². The Bertz CT molecular complexity index is 614. The molecule has 0 unspecified atom stereocenters. The fourth-order valence-corrected chi connectivity index (χ4v) is 2.30. The largest absolute Gasteiger partial charge is 0.493 e. The standard InChI is InChI=1S/C16H16Cl2O3/c1-19-15-6-4-12(8-16(15)20-2)10-21-14-5-3-11(9-17)7-13(14)18/h3-8H,9-10H2,1-2H3. The van der Waals surface area contributed by atoms with Gasteiger partial charge in [-0.25, -0.2) is 0 Å². The molecule has 0 aliphatic heterocycles. The Kier molecular flexibility index (Phi) is 5.59. The van der Waals surface area contributed by atoms with Gasteiger partial charge >= 0.3 is 0 Å². The molecule has 0 aliphatic rings. The van der Waals surface area contributed by atoms with Crippen LogP contribution in [0.15, 0.2) is 36.4 Å². The monoisotopic (exact) mass is 326 g/mol. The number of alkyl halides is 1. The van der Waals surface area contributed by atoms with Crippen molar-refractivity contribution in [3.8, 4) is 17.2 Å². The molecule has 0 aromatic heterocycles. The molecule has 2 rings (SSSR count). The van der Waals surface area contributed by atoms with Crippen LogP contribution in [-0.4, -0.2) is 14.2 Å². The van der Waals surface area contributed by atoms with E-state index < -0.39 is 0 Å². The van der Waals surface area contributed by atoms with Crippen molar-refractivity contribution in [2.75, 3.05) is 14.2 Å². The molecule has 0 spiro atoms. The molecule has 0 bridgehead atoms. The van der Waals surface area contributed by atoms with Crippen LogP contribution in [-0.2, 0) is 12.5 Å². The molecule has 2 aromatic carbocycles. The van der Waals surface area contributed by atoms with Gasteiger partial charge in [-0.2, -0.15) is 0 Å². The highest BCUT2D eigenvalue weighted by molar-refractivity contribution is 6.32. The zero-order valence-electron chi connectivity index (χ0n) is 11.9. The molecule has 0 aliphatic carbocycles. The van der Waals surface area contributed by atoms with E-state index in [-0.39, 0.29) is 0 Å². The van der Waals surface area contributed by atoms with Crippen molar-refractivity contribution in [1.29, 1.82) is 0 Å². The van der Waals surface area contributed by atoms with Crippen LogP contribution in [0.2, 0.25) is 5.02 Å². The average molecular weight is 327 g/mol. The Balaban J connectivity index is 2.09. The van der Waals surface area contributed by atoms with Gasteiger partial charge in [0.15, 0.2) is 11.5 Å². The minimum Gasteiger partial charge on any atom is -0.493 e. The van der Waals surface area contributed by atoms with Gasteiger partial charge < -0.3 is 14.2 Å². The normalized spacial score (nSPS) is 10.3. The van der Waals surface area contributed by atoms with Crippen molar-refractivity contribution in [2.24, 2.45) is 0 Å². The van der Waals surface area contributed by atoms with Crippen LogP contribution < -0.4 is 14.2 Å². The lowest BCUT2D eigenvalue weighted by Crippen LogP contribution is -1.98. The Labute approximate surface area is 134 Å². The minimum atomic E-state index is 0.389. The number of hydrogen-bond donors (Lipinski definition) is 0. The summed E-state index contributed by atoms with van der Waals surface area (Å²) in [7, 11) is 3.20. The maximum absolute atomic E-state index is 6.15. The summed E-state index contributed by atoms with van der Waals surface area (Å²) in [6.45, 7) is 0.389. The second kappa shape index (κ2) is 7.43. The van der Waals surface area contributed by atoms with E-state index in [1.54, 1.807) is 20.3 Å². The summed E-state index contributed by atoms with van der Waals surface area (Å²) in [6, 6.07) is 11.2. The predicted octanol–water partition coefficient (Wildman–Crippen LogP) is 4.68. The SMILES string of the molecule is COc1ccc(COc2ccc(CCl)cc2Cl)cc1OC. The predicted molar refractivity (Wildman–Crippen MR) is 84.9 cm³/mol. The third-order valence-corrected chi connectivity index (χ3v) is 3.60. The van der Waals surface area contributed by atoms with E-state index in [0.29, 0.717) is 34.8 Å². The van der Waals surface area contributed by atoms with Crippen LogP contribution in [0, 0.1) is 0 Å². The van der Waals surface area contributed by atoms with Gasteiger partial charge in [0.05, 0.1) is 19.2 Å². The van der Waals surface area contributed by atoms with E-state index in [4.69, 9.17) is 37.4 Å². The zero-order valence-corrected chi connectivity index (χ0v) is 13.4. The first-order valence-corrected chi connectivity index (χ1v) is 7.27. The van der Waals surface area contributed by atoms with Crippen LogP contribution in [0.1, 0.15) is 11.1 Å². The van der Waals surface area contributed by atoms with Gasteiger partial charge in [-0.05, 0) is 35.4 Å². The van der Waals surface area contributed by atoms with Gasteiger partial charge in [-0.15, -0.1) is 11.6 Å². The summed E-state index contributed by atoms with van der Waals surface area (Å²) in [5.41, 5.74) is 1.92. The molecule has 21 heavy (non-hydrogen) atoms. The molecule has 3 nitrogen and oxygen atoms in total. The summed E-state index contributed by atoms with van der Waals surface area (Å²) < 4.78 is 16.2. The molecule has 0 N–H and O–H groups in total. The van der Waals surface area contributed by atoms with E-state index >= 15 is 0 Å². The maximum atomic E-state index is 6.15. The highest BCUT2D eigenvalue weighted by atomic mass is 35.5. The second-order valence-electron chi connectivity index (χ2n) is 4.38. The quantitative estimate of drug-likeness (QED) is 0.721. The Morgan fingerprint density at radius 1 is 0.857 bits per heavy atom. The first kappa shape index (κ1) is 15.8. The molecule has 0 amide bonds. The van der Waals surface area contributed by atoms with Crippen LogP contribution >= 0.6 is 23.2 Å². The fourth-order valence-electron chi connectivity index (χ4n) is 1.88. The lowest BCUT2D eigenvalue weighted by Gasteiger charge is -2.11. The van der Waals surface area contributed by atoms with E-state index in [1.807, 2.05) is 30.3 Å². The lowest BCUT2D eigenvalue weighted by atomic mass is 10.2. The first-order valence-electron chi connectivity index (χ1n) is 6.36. The first-order chi connectivity index (χ1) is 10.2. The molecule has 112 valence electrons. The van der Waals surface area contributed by atoms with Crippen molar-refractivity contribution in [2.45, 2.75) is 12.5 Å². The summed E-state index contributed by atoms with van der Waals surface area (Å²) in [5.74, 6) is 2.41. The Morgan fingerprint density at radius 2 is 1.52 bits per heavy atom. The highest BCUT2D eigenvalue weighted by Crippen LogP contribution is 2.30. The number of benzene rings is 2. The zero-order chi connectivity index (χ0) is 15.2. The van der Waals surface area contributed by atoms with Crippen molar-refractivity contribution in [3.63, 3.8) is 0 Å². The number of rotatable bonds is 6. The van der Waals surface area contributed by atoms with Gasteiger partial charge in [0.2, 0.25) is 0 Å². The van der Waals surface area contributed by atoms with Gasteiger partial charge in [-0.1, -0.05) is 23.7 Å². The topological polar surface area (TPSA) is 27.7 Å². The summed E-state index contributed by atoms with van der Waals surface area (Å²) >= 11 is 11.9. The van der Waals surface area contributed by atoms with Crippen molar-refractivity contribution >= 4 is 23.2 Å². The van der Waals surface area contributed by atoms with E-state index in [9.17, 15) is 0 Å². The molecule has 0 fully saturated rings. The average Bonchev–Trinajstić information content (AvgIpc) is 2.53. The Hall–Kier alpha value is -1.58. The molecule has 0 heterocycles. The minimum absolute atomic E-state index is 0.389. The van der Waals surface area contributed by atoms with Gasteiger partial charge in [0.25, 0.3) is 0 Å². The molecule has 0 saturated carbocycles.